The summed E-state index contributed by atoms with van der Waals surface area (Å²) < 4.78 is 21.1. The molecule has 0 aromatic carbocycles. The summed E-state index contributed by atoms with van der Waals surface area (Å²) in [6, 6.07) is 0. The highest BCUT2D eigenvalue weighted by atomic mass is 32.2. The lowest BCUT2D eigenvalue weighted by Gasteiger charge is -1.85. The second-order valence-corrected chi connectivity index (χ2v) is 4.15. The minimum atomic E-state index is -2.82. The van der Waals surface area contributed by atoms with Crippen molar-refractivity contribution in [3.63, 3.8) is 0 Å². The van der Waals surface area contributed by atoms with Crippen molar-refractivity contribution in [2.45, 2.75) is 6.92 Å². The van der Waals surface area contributed by atoms with Crippen LogP contribution in [0.4, 0.5) is 0 Å². The van der Waals surface area contributed by atoms with Gasteiger partial charge < -0.3 is 0 Å². The van der Waals surface area contributed by atoms with E-state index in [2.05, 4.69) is 0 Å². The largest absolute Gasteiger partial charge is 0.224 e. The van der Waals surface area contributed by atoms with Crippen LogP contribution in [0.5, 0.6) is 0 Å². The molecule has 0 bridgehead atoms. The van der Waals surface area contributed by atoms with Gasteiger partial charge in [-0.05, 0) is 0 Å². The molecule has 1 rings (SSSR count). The van der Waals surface area contributed by atoms with Gasteiger partial charge in [-0.15, -0.1) is 0 Å². The summed E-state index contributed by atoms with van der Waals surface area (Å²) in [6.07, 6.45) is 2.98. The summed E-state index contributed by atoms with van der Waals surface area (Å²) in [7, 11) is -2.82. The minimum Gasteiger partial charge on any atom is -0.224 e. The second-order valence-electron chi connectivity index (χ2n) is 2.13. The van der Waals surface area contributed by atoms with E-state index in [4.69, 9.17) is 0 Å². The maximum absolute atomic E-state index is 10.5. The summed E-state index contributed by atoms with van der Waals surface area (Å²) in [5.41, 5.74) is 0. The average Bonchev–Trinajstić information content (AvgIpc) is 2.13. The van der Waals surface area contributed by atoms with Crippen LogP contribution in [-0.2, 0) is 9.84 Å². The Morgan fingerprint density at radius 1 is 1.62 bits per heavy atom. The third-order valence-electron chi connectivity index (χ3n) is 1.18. The molecule has 0 N–H and O–H groups in total. The monoisotopic (exact) mass is 132 g/mol. The van der Waals surface area contributed by atoms with Gasteiger partial charge in [0.15, 0.2) is 9.84 Å². The fourth-order valence-electron chi connectivity index (χ4n) is 0.660. The standard InChI is InChI=1S/C5H8O2S/c1-4-3-5(4)8(2,6)7/h3-4H,1-2H3. The highest BCUT2D eigenvalue weighted by molar-refractivity contribution is 7.94. The van der Waals surface area contributed by atoms with Gasteiger partial charge in [-0.25, -0.2) is 8.42 Å². The molecule has 0 aromatic rings. The molecule has 8 heavy (non-hydrogen) atoms. The maximum Gasteiger partial charge on any atom is 0.171 e. The van der Waals surface area contributed by atoms with Gasteiger partial charge in [-0.2, -0.15) is 0 Å². The maximum atomic E-state index is 10.5. The first-order valence-corrected chi connectivity index (χ1v) is 4.33. The third kappa shape index (κ3) is 0.916. The Morgan fingerprint density at radius 2 is 2.00 bits per heavy atom. The van der Waals surface area contributed by atoms with Crippen LogP contribution < -0.4 is 0 Å². The zero-order valence-corrected chi connectivity index (χ0v) is 5.70. The summed E-state index contributed by atoms with van der Waals surface area (Å²) >= 11 is 0. The lowest BCUT2D eigenvalue weighted by molar-refractivity contribution is 0.607. The molecule has 0 radical (unpaired) electrons. The van der Waals surface area contributed by atoms with E-state index in [1.165, 1.54) is 6.26 Å². The van der Waals surface area contributed by atoms with Gasteiger partial charge in [-0.1, -0.05) is 13.0 Å². The van der Waals surface area contributed by atoms with Crippen LogP contribution in [0, 0.1) is 5.92 Å². The van der Waals surface area contributed by atoms with E-state index in [1.807, 2.05) is 6.92 Å². The molecule has 1 aliphatic carbocycles. The Hall–Kier alpha value is -0.310. The second kappa shape index (κ2) is 1.35. The predicted octanol–water partition coefficient (Wildman–Crippen LogP) is 0.565. The van der Waals surface area contributed by atoms with E-state index in [1.54, 1.807) is 6.08 Å². The van der Waals surface area contributed by atoms with Gasteiger partial charge in [0.05, 0.1) is 0 Å². The highest BCUT2D eigenvalue weighted by Crippen LogP contribution is 2.31. The van der Waals surface area contributed by atoms with Crippen molar-refractivity contribution in [2.75, 3.05) is 6.26 Å². The Bertz CT molecular complexity index is 223. The lowest BCUT2D eigenvalue weighted by atomic mass is 10.5. The van der Waals surface area contributed by atoms with Crippen molar-refractivity contribution in [1.82, 2.24) is 0 Å². The predicted molar refractivity (Wildman–Crippen MR) is 32.1 cm³/mol. The van der Waals surface area contributed by atoms with E-state index in [0.29, 0.717) is 4.91 Å². The third-order valence-corrected chi connectivity index (χ3v) is 2.55. The van der Waals surface area contributed by atoms with Crippen molar-refractivity contribution < 1.29 is 8.42 Å². The molecule has 0 fully saturated rings. The molecule has 0 aromatic heterocycles. The van der Waals surface area contributed by atoms with Crippen LogP contribution in [0.15, 0.2) is 11.0 Å². The van der Waals surface area contributed by atoms with Gasteiger partial charge in [0, 0.05) is 17.1 Å². The van der Waals surface area contributed by atoms with Crippen molar-refractivity contribution in [3.05, 3.63) is 11.0 Å². The quantitative estimate of drug-likeness (QED) is 0.522. The van der Waals surface area contributed by atoms with Gasteiger partial charge in [0.1, 0.15) is 0 Å². The smallest absolute Gasteiger partial charge is 0.171 e. The first-order valence-electron chi connectivity index (χ1n) is 2.43. The van der Waals surface area contributed by atoms with Crippen LogP contribution >= 0.6 is 0 Å². The summed E-state index contributed by atoms with van der Waals surface area (Å²) in [5.74, 6) is 0.213. The van der Waals surface area contributed by atoms with Crippen molar-refractivity contribution in [1.29, 1.82) is 0 Å². The molecule has 0 saturated heterocycles. The molecule has 0 amide bonds. The van der Waals surface area contributed by atoms with Gasteiger partial charge in [0.25, 0.3) is 0 Å². The van der Waals surface area contributed by atoms with E-state index in [9.17, 15) is 8.42 Å². The first kappa shape index (κ1) is 5.82. The fraction of sp³-hybridized carbons (Fsp3) is 0.600. The van der Waals surface area contributed by atoms with Crippen LogP contribution in [0.1, 0.15) is 6.92 Å². The van der Waals surface area contributed by atoms with Crippen LogP contribution in [0.25, 0.3) is 0 Å². The Balaban J connectivity index is 2.81. The lowest BCUT2D eigenvalue weighted by Crippen LogP contribution is -1.93. The molecule has 1 unspecified atom stereocenters. The Kier molecular flexibility index (Phi) is 0.979. The number of hydrogen-bond donors (Lipinski definition) is 0. The fourth-order valence-corrected chi connectivity index (χ4v) is 1.79. The number of allylic oxidation sites excluding steroid dienone is 2. The molecule has 1 aliphatic rings. The molecule has 1 atom stereocenters. The van der Waals surface area contributed by atoms with Crippen molar-refractivity contribution in [3.8, 4) is 0 Å². The summed E-state index contributed by atoms with van der Waals surface area (Å²) in [4.78, 5) is 0.595. The molecule has 3 heteroatoms. The molecule has 0 heterocycles. The molecule has 0 spiro atoms. The van der Waals surface area contributed by atoms with E-state index < -0.39 is 9.84 Å². The zero-order chi connectivity index (χ0) is 6.36. The average molecular weight is 132 g/mol. The molecule has 2 nitrogen and oxygen atoms in total. The van der Waals surface area contributed by atoms with Crippen LogP contribution in [-0.4, -0.2) is 14.7 Å². The normalized spacial score (nSPS) is 27.2. The Morgan fingerprint density at radius 3 is 2.00 bits per heavy atom. The van der Waals surface area contributed by atoms with Crippen molar-refractivity contribution in [2.24, 2.45) is 5.92 Å². The molecular formula is C5H8O2S. The van der Waals surface area contributed by atoms with Crippen LogP contribution in [0.3, 0.4) is 0 Å². The molecule has 46 valence electrons. The van der Waals surface area contributed by atoms with Gasteiger partial charge in [0.2, 0.25) is 0 Å². The van der Waals surface area contributed by atoms with E-state index in [0.717, 1.165) is 0 Å². The highest BCUT2D eigenvalue weighted by Gasteiger charge is 2.27. The topological polar surface area (TPSA) is 34.1 Å². The Labute approximate surface area is 49.1 Å². The summed E-state index contributed by atoms with van der Waals surface area (Å²) in [5, 5.41) is 0. The van der Waals surface area contributed by atoms with E-state index >= 15 is 0 Å². The number of sulfone groups is 1. The van der Waals surface area contributed by atoms with Crippen molar-refractivity contribution >= 4 is 9.84 Å². The molecule has 0 aliphatic heterocycles. The van der Waals surface area contributed by atoms with Gasteiger partial charge in [-0.3, -0.25) is 0 Å². The van der Waals surface area contributed by atoms with Crippen LogP contribution in [0.2, 0.25) is 0 Å². The molecule has 0 saturated carbocycles. The number of hydrogen-bond acceptors (Lipinski definition) is 2. The summed E-state index contributed by atoms with van der Waals surface area (Å²) in [6.45, 7) is 1.87. The zero-order valence-electron chi connectivity index (χ0n) is 4.88. The van der Waals surface area contributed by atoms with E-state index in [-0.39, 0.29) is 5.92 Å². The minimum absolute atomic E-state index is 0.213. The number of rotatable bonds is 1. The van der Waals surface area contributed by atoms with Gasteiger partial charge >= 0.3 is 0 Å². The molecular weight excluding hydrogens is 124 g/mol. The SMILES string of the molecule is CC1C=C1S(C)(=O)=O. The first-order chi connectivity index (χ1) is 3.52.